The van der Waals surface area contributed by atoms with Gasteiger partial charge in [0, 0.05) is 16.2 Å². The summed E-state index contributed by atoms with van der Waals surface area (Å²) < 4.78 is 7.05. The number of nitrogens with zero attached hydrogens (tertiary/aromatic N) is 1. The highest BCUT2D eigenvalue weighted by Crippen LogP contribution is 2.30. The van der Waals surface area contributed by atoms with Crippen LogP contribution in [0.15, 0.2) is 16.7 Å². The first-order valence-corrected chi connectivity index (χ1v) is 7.27. The van der Waals surface area contributed by atoms with Gasteiger partial charge < -0.3 is 4.74 Å². The number of ether oxygens (including phenoxy) is 1. The zero-order chi connectivity index (χ0) is 12.3. The molecular formula is C14H20BrNO. The van der Waals surface area contributed by atoms with Crippen LogP contribution in [0.25, 0.3) is 0 Å². The number of rotatable bonds is 3. The Hall–Kier alpha value is -0.570. The summed E-state index contributed by atoms with van der Waals surface area (Å²) in [7, 11) is 0. The second-order valence-electron chi connectivity index (χ2n) is 4.96. The molecule has 2 unspecified atom stereocenters. The van der Waals surface area contributed by atoms with E-state index in [0.29, 0.717) is 6.10 Å². The zero-order valence-corrected chi connectivity index (χ0v) is 12.2. The summed E-state index contributed by atoms with van der Waals surface area (Å²) in [5.74, 6) is 1.64. The van der Waals surface area contributed by atoms with Crippen molar-refractivity contribution in [2.75, 3.05) is 0 Å². The maximum Gasteiger partial charge on any atom is 0.216 e. The predicted octanol–water partition coefficient (Wildman–Crippen LogP) is 4.50. The molecule has 0 radical (unpaired) electrons. The van der Waals surface area contributed by atoms with Gasteiger partial charge in [0.15, 0.2) is 0 Å². The molecule has 2 rings (SSSR count). The molecule has 0 N–H and O–H groups in total. The number of hydrogen-bond acceptors (Lipinski definition) is 2. The molecule has 1 aromatic rings. The third-order valence-corrected chi connectivity index (χ3v) is 4.02. The average Bonchev–Trinajstić information content (AvgIpc) is 2.33. The minimum Gasteiger partial charge on any atom is -0.474 e. The van der Waals surface area contributed by atoms with Crippen molar-refractivity contribution in [2.45, 2.75) is 52.1 Å². The first-order valence-electron chi connectivity index (χ1n) is 6.47. The van der Waals surface area contributed by atoms with Crippen LogP contribution in [0.3, 0.4) is 0 Å². The Morgan fingerprint density at radius 1 is 1.47 bits per heavy atom. The normalized spacial score (nSPS) is 24.6. The highest BCUT2D eigenvalue weighted by atomic mass is 79.9. The van der Waals surface area contributed by atoms with Gasteiger partial charge in [-0.1, -0.05) is 19.8 Å². The van der Waals surface area contributed by atoms with Crippen molar-refractivity contribution in [3.05, 3.63) is 22.3 Å². The van der Waals surface area contributed by atoms with Crippen molar-refractivity contribution in [3.63, 3.8) is 0 Å². The van der Waals surface area contributed by atoms with Crippen LogP contribution < -0.4 is 4.74 Å². The molecule has 0 amide bonds. The molecule has 1 fully saturated rings. The van der Waals surface area contributed by atoms with Gasteiger partial charge in [-0.05, 0) is 54.1 Å². The van der Waals surface area contributed by atoms with Crippen LogP contribution >= 0.6 is 15.9 Å². The van der Waals surface area contributed by atoms with Crippen LogP contribution in [0.1, 0.15) is 44.6 Å². The largest absolute Gasteiger partial charge is 0.474 e. The molecule has 17 heavy (non-hydrogen) atoms. The second-order valence-corrected chi connectivity index (χ2v) is 5.87. The summed E-state index contributed by atoms with van der Waals surface area (Å²) in [5.41, 5.74) is 1.11. The van der Waals surface area contributed by atoms with Gasteiger partial charge in [-0.15, -0.1) is 0 Å². The summed E-state index contributed by atoms with van der Waals surface area (Å²) >= 11 is 3.42. The molecule has 0 saturated heterocycles. The predicted molar refractivity (Wildman–Crippen MR) is 73.3 cm³/mol. The summed E-state index contributed by atoms with van der Waals surface area (Å²) in [6, 6.07) is 2.06. The lowest BCUT2D eigenvalue weighted by molar-refractivity contribution is 0.116. The molecule has 0 spiro atoms. The van der Waals surface area contributed by atoms with Crippen molar-refractivity contribution in [1.82, 2.24) is 4.98 Å². The third kappa shape index (κ3) is 3.44. The minimum atomic E-state index is 0.362. The Bertz CT molecular complexity index is 380. The fraction of sp³-hybridized carbons (Fsp3) is 0.643. The quantitative estimate of drug-likeness (QED) is 0.819. The Kier molecular flexibility index (Phi) is 4.43. The monoisotopic (exact) mass is 297 g/mol. The molecule has 1 aromatic heterocycles. The summed E-state index contributed by atoms with van der Waals surface area (Å²) in [6.07, 6.45) is 8.46. The van der Waals surface area contributed by atoms with Gasteiger partial charge in [0.25, 0.3) is 0 Å². The van der Waals surface area contributed by atoms with Crippen LogP contribution in [0, 0.1) is 12.8 Å². The van der Waals surface area contributed by atoms with Crippen LogP contribution in [-0.2, 0) is 0 Å². The first-order chi connectivity index (χ1) is 8.19. The van der Waals surface area contributed by atoms with E-state index < -0.39 is 0 Å². The maximum atomic E-state index is 6.04. The highest BCUT2D eigenvalue weighted by molar-refractivity contribution is 9.10. The molecule has 0 bridgehead atoms. The van der Waals surface area contributed by atoms with Crippen LogP contribution in [0.5, 0.6) is 5.88 Å². The zero-order valence-electron chi connectivity index (χ0n) is 10.6. The molecule has 1 heterocycles. The lowest BCUT2D eigenvalue weighted by atomic mass is 9.85. The van der Waals surface area contributed by atoms with Gasteiger partial charge in [-0.2, -0.15) is 0 Å². The number of aromatic nitrogens is 1. The lowest BCUT2D eigenvalue weighted by Gasteiger charge is -2.28. The van der Waals surface area contributed by atoms with Crippen molar-refractivity contribution < 1.29 is 4.74 Å². The molecular weight excluding hydrogens is 278 g/mol. The van der Waals surface area contributed by atoms with E-state index in [2.05, 4.69) is 33.9 Å². The van der Waals surface area contributed by atoms with Gasteiger partial charge in [-0.3, -0.25) is 0 Å². The molecule has 0 aliphatic heterocycles. The van der Waals surface area contributed by atoms with Crippen LogP contribution in [0.2, 0.25) is 0 Å². The minimum absolute atomic E-state index is 0.362. The molecule has 0 aromatic carbocycles. The topological polar surface area (TPSA) is 22.1 Å². The second kappa shape index (κ2) is 5.85. The lowest BCUT2D eigenvalue weighted by Crippen LogP contribution is -2.25. The van der Waals surface area contributed by atoms with E-state index in [1.165, 1.54) is 32.1 Å². The molecule has 2 atom stereocenters. The van der Waals surface area contributed by atoms with E-state index >= 15 is 0 Å². The smallest absolute Gasteiger partial charge is 0.216 e. The molecule has 3 heteroatoms. The number of hydrogen-bond donors (Lipinski definition) is 0. The SMILES string of the molecule is CCC1CCCC(Oc2ncc(Br)cc2C)C1. The van der Waals surface area contributed by atoms with Crippen molar-refractivity contribution in [2.24, 2.45) is 5.92 Å². The fourth-order valence-corrected chi connectivity index (χ4v) is 2.97. The highest BCUT2D eigenvalue weighted by Gasteiger charge is 2.22. The summed E-state index contributed by atoms with van der Waals surface area (Å²) in [5, 5.41) is 0. The van der Waals surface area contributed by atoms with E-state index in [1.807, 2.05) is 13.1 Å². The number of pyridine rings is 1. The number of aryl methyl sites for hydroxylation is 1. The average molecular weight is 298 g/mol. The Morgan fingerprint density at radius 3 is 3.00 bits per heavy atom. The van der Waals surface area contributed by atoms with Gasteiger partial charge in [0.05, 0.1) is 0 Å². The summed E-state index contributed by atoms with van der Waals surface area (Å²) in [6.45, 7) is 4.32. The van der Waals surface area contributed by atoms with E-state index in [1.54, 1.807) is 0 Å². The summed E-state index contributed by atoms with van der Waals surface area (Å²) in [4.78, 5) is 4.35. The maximum absolute atomic E-state index is 6.04. The van der Waals surface area contributed by atoms with Crippen LogP contribution in [-0.4, -0.2) is 11.1 Å². The van der Waals surface area contributed by atoms with Gasteiger partial charge in [0.1, 0.15) is 6.10 Å². The fourth-order valence-electron chi connectivity index (χ4n) is 2.53. The van der Waals surface area contributed by atoms with Crippen LogP contribution in [0.4, 0.5) is 0 Å². The standard InChI is InChI=1S/C14H20BrNO/c1-3-11-5-4-6-13(8-11)17-14-10(2)7-12(15)9-16-14/h7,9,11,13H,3-6,8H2,1-2H3. The Labute approximate surface area is 112 Å². The van der Waals surface area contributed by atoms with Gasteiger partial charge >= 0.3 is 0 Å². The van der Waals surface area contributed by atoms with Crippen molar-refractivity contribution in [3.8, 4) is 5.88 Å². The Balaban J connectivity index is 2.00. The molecule has 1 saturated carbocycles. The molecule has 94 valence electrons. The van der Waals surface area contributed by atoms with Gasteiger partial charge in [-0.25, -0.2) is 4.98 Å². The van der Waals surface area contributed by atoms with E-state index in [9.17, 15) is 0 Å². The van der Waals surface area contributed by atoms with Gasteiger partial charge in [0.2, 0.25) is 5.88 Å². The van der Waals surface area contributed by atoms with Crippen molar-refractivity contribution >= 4 is 15.9 Å². The molecule has 1 aliphatic carbocycles. The molecule has 1 aliphatic rings. The first kappa shape index (κ1) is 12.9. The number of halogens is 1. The Morgan fingerprint density at radius 2 is 2.29 bits per heavy atom. The van der Waals surface area contributed by atoms with E-state index in [0.717, 1.165) is 21.8 Å². The molecule has 2 nitrogen and oxygen atoms in total. The van der Waals surface area contributed by atoms with E-state index in [-0.39, 0.29) is 0 Å². The third-order valence-electron chi connectivity index (χ3n) is 3.59. The van der Waals surface area contributed by atoms with E-state index in [4.69, 9.17) is 4.74 Å². The van der Waals surface area contributed by atoms with Crippen molar-refractivity contribution in [1.29, 1.82) is 0 Å².